The molecule has 7 heteroatoms. The summed E-state index contributed by atoms with van der Waals surface area (Å²) in [6.45, 7) is 5.35. The van der Waals surface area contributed by atoms with Gasteiger partial charge < -0.3 is 25.2 Å². The van der Waals surface area contributed by atoms with E-state index in [4.69, 9.17) is 9.47 Å². The van der Waals surface area contributed by atoms with Gasteiger partial charge in [0.2, 0.25) is 0 Å². The average Bonchev–Trinajstić information content (AvgIpc) is 2.90. The first-order chi connectivity index (χ1) is 18.0. The number of benzene rings is 3. The molecule has 0 aliphatic carbocycles. The van der Waals surface area contributed by atoms with Crippen molar-refractivity contribution in [2.75, 3.05) is 18.4 Å². The van der Waals surface area contributed by atoms with Crippen molar-refractivity contribution in [3.05, 3.63) is 78.6 Å². The molecule has 0 spiro atoms. The predicted octanol–water partition coefficient (Wildman–Crippen LogP) is 5.42. The molecule has 3 aromatic carbocycles. The van der Waals surface area contributed by atoms with Crippen LogP contribution in [0.1, 0.15) is 32.3 Å². The molecule has 0 bridgehead atoms. The summed E-state index contributed by atoms with van der Waals surface area (Å²) in [6, 6.07) is 21.1. The van der Waals surface area contributed by atoms with E-state index in [0.29, 0.717) is 30.3 Å². The maximum atomic E-state index is 10.7. The Morgan fingerprint density at radius 3 is 2.68 bits per heavy atom. The van der Waals surface area contributed by atoms with Crippen molar-refractivity contribution in [2.24, 2.45) is 0 Å². The van der Waals surface area contributed by atoms with Crippen molar-refractivity contribution in [3.8, 4) is 29.1 Å². The maximum absolute atomic E-state index is 10.7. The number of para-hydroxylation sites is 1. The van der Waals surface area contributed by atoms with Crippen LogP contribution in [0.2, 0.25) is 0 Å². The van der Waals surface area contributed by atoms with Gasteiger partial charge in [-0.3, -0.25) is 0 Å². The predicted molar refractivity (Wildman–Crippen MR) is 145 cm³/mol. The molecule has 0 saturated carbocycles. The summed E-state index contributed by atoms with van der Waals surface area (Å²) in [5, 5.41) is 18.1. The molecule has 1 atom stereocenters. The molecule has 1 aliphatic rings. The van der Waals surface area contributed by atoms with E-state index in [1.54, 1.807) is 0 Å². The fourth-order valence-electron chi connectivity index (χ4n) is 4.19. The lowest BCUT2D eigenvalue weighted by Crippen LogP contribution is -2.44. The highest BCUT2D eigenvalue weighted by Crippen LogP contribution is 2.36. The number of nitrogens with one attached hydrogen (secondary N) is 2. The maximum Gasteiger partial charge on any atom is 0.169 e. The number of hydrogen-bond acceptors (Lipinski definition) is 7. The molecule has 4 aromatic rings. The van der Waals surface area contributed by atoms with E-state index in [2.05, 4.69) is 32.4 Å². The third-order valence-corrected chi connectivity index (χ3v) is 5.98. The summed E-state index contributed by atoms with van der Waals surface area (Å²) < 4.78 is 12.1. The number of aromatic nitrogens is 2. The van der Waals surface area contributed by atoms with Crippen LogP contribution in [0.15, 0.2) is 73.1 Å². The Morgan fingerprint density at radius 1 is 1.03 bits per heavy atom. The van der Waals surface area contributed by atoms with E-state index < -0.39 is 5.60 Å². The molecule has 1 aliphatic heterocycles. The largest absolute Gasteiger partial charge is 0.487 e. The lowest BCUT2D eigenvalue weighted by Gasteiger charge is -2.27. The summed E-state index contributed by atoms with van der Waals surface area (Å²) in [4.78, 5) is 8.89. The molecule has 5 rings (SSSR count). The lowest BCUT2D eigenvalue weighted by atomic mass is 9.94. The first kappa shape index (κ1) is 24.6. The van der Waals surface area contributed by atoms with E-state index >= 15 is 0 Å². The Hall–Kier alpha value is -4.12. The van der Waals surface area contributed by atoms with Crippen molar-refractivity contribution in [1.82, 2.24) is 15.3 Å². The molecule has 0 amide bonds. The Morgan fingerprint density at radius 2 is 1.89 bits per heavy atom. The van der Waals surface area contributed by atoms with E-state index in [9.17, 15) is 5.11 Å². The highest BCUT2D eigenvalue weighted by molar-refractivity contribution is 5.91. The van der Waals surface area contributed by atoms with Gasteiger partial charge >= 0.3 is 0 Å². The van der Waals surface area contributed by atoms with Crippen LogP contribution >= 0.6 is 0 Å². The van der Waals surface area contributed by atoms with Crippen LogP contribution in [-0.4, -0.2) is 39.9 Å². The monoisotopic (exact) mass is 494 g/mol. The zero-order valence-electron chi connectivity index (χ0n) is 21.0. The quantitative estimate of drug-likeness (QED) is 0.309. The summed E-state index contributed by atoms with van der Waals surface area (Å²) in [7, 11) is 0. The van der Waals surface area contributed by atoms with E-state index in [1.807, 2.05) is 80.6 Å². The molecule has 37 heavy (non-hydrogen) atoms. The van der Waals surface area contributed by atoms with Gasteiger partial charge in [0.05, 0.1) is 11.6 Å². The zero-order valence-corrected chi connectivity index (χ0v) is 21.0. The van der Waals surface area contributed by atoms with E-state index in [1.165, 1.54) is 6.33 Å². The standard InChI is InChI=1S/C30H30N4O3/c1-21(2)36-28-18-23(10-12-27(28)37-24-7-4-3-5-8-24)34-29-25-17-22(9-11-26(25)32-20-33-29)13-15-30(35)14-6-16-31-19-30/h3-5,7-12,17-18,20-21,31,35H,6,14,16,19H2,1-2H3,(H,32,33,34). The highest BCUT2D eigenvalue weighted by Gasteiger charge is 2.26. The number of piperidine rings is 1. The first-order valence-electron chi connectivity index (χ1n) is 12.5. The number of nitrogens with zero attached hydrogens (tertiary/aromatic N) is 2. The van der Waals surface area contributed by atoms with E-state index in [-0.39, 0.29) is 6.10 Å². The first-order valence-corrected chi connectivity index (χ1v) is 12.5. The molecular weight excluding hydrogens is 464 g/mol. The second-order valence-corrected chi connectivity index (χ2v) is 9.38. The van der Waals surface area contributed by atoms with E-state index in [0.717, 1.165) is 40.9 Å². The van der Waals surface area contributed by atoms with Gasteiger partial charge in [-0.15, -0.1) is 0 Å². The fraction of sp³-hybridized carbons (Fsp3) is 0.267. The van der Waals surface area contributed by atoms with Gasteiger partial charge in [0.25, 0.3) is 0 Å². The molecule has 7 nitrogen and oxygen atoms in total. The van der Waals surface area contributed by atoms with Gasteiger partial charge in [-0.2, -0.15) is 0 Å². The minimum atomic E-state index is -1.00. The minimum Gasteiger partial charge on any atom is -0.487 e. The van der Waals surface area contributed by atoms with Gasteiger partial charge in [0.15, 0.2) is 11.5 Å². The fourth-order valence-corrected chi connectivity index (χ4v) is 4.19. The normalized spacial score (nSPS) is 17.2. The summed E-state index contributed by atoms with van der Waals surface area (Å²) >= 11 is 0. The molecule has 1 fully saturated rings. The molecule has 1 saturated heterocycles. The number of ether oxygens (including phenoxy) is 2. The van der Waals surface area contributed by atoms with Crippen LogP contribution in [0, 0.1) is 11.8 Å². The van der Waals surface area contributed by atoms with Gasteiger partial charge in [0.1, 0.15) is 23.5 Å². The number of hydrogen-bond donors (Lipinski definition) is 3. The second kappa shape index (κ2) is 10.9. The van der Waals surface area contributed by atoms with Gasteiger partial charge in [0, 0.05) is 29.2 Å². The second-order valence-electron chi connectivity index (χ2n) is 9.38. The van der Waals surface area contributed by atoms with Gasteiger partial charge in [-0.25, -0.2) is 9.97 Å². The molecule has 3 N–H and O–H groups in total. The Bertz CT molecular complexity index is 1440. The number of anilines is 2. The smallest absolute Gasteiger partial charge is 0.169 e. The van der Waals surface area contributed by atoms with Crippen molar-refractivity contribution in [1.29, 1.82) is 0 Å². The Balaban J connectivity index is 1.43. The third kappa shape index (κ3) is 6.18. The van der Waals surface area contributed by atoms with Crippen LogP contribution in [0.25, 0.3) is 10.9 Å². The van der Waals surface area contributed by atoms with Crippen molar-refractivity contribution in [2.45, 2.75) is 38.4 Å². The Labute approximate surface area is 216 Å². The Kier molecular flexibility index (Phi) is 7.22. The van der Waals surface area contributed by atoms with Crippen LogP contribution in [-0.2, 0) is 0 Å². The van der Waals surface area contributed by atoms with Crippen molar-refractivity contribution in [3.63, 3.8) is 0 Å². The SMILES string of the molecule is CC(C)Oc1cc(Nc2ncnc3ccc(C#CC4(O)CCCNC4)cc23)ccc1Oc1ccccc1. The summed E-state index contributed by atoms with van der Waals surface area (Å²) in [5.41, 5.74) is 1.39. The number of β-amino-alcohol motifs (C(OH)–C–C–N with tert-alkyl or cyclic N) is 1. The minimum absolute atomic E-state index is 0.0245. The van der Waals surface area contributed by atoms with Crippen LogP contribution in [0.4, 0.5) is 11.5 Å². The average molecular weight is 495 g/mol. The van der Waals surface area contributed by atoms with Crippen LogP contribution in [0.3, 0.4) is 0 Å². The molecule has 1 unspecified atom stereocenters. The number of aliphatic hydroxyl groups is 1. The van der Waals surface area contributed by atoms with Crippen molar-refractivity contribution < 1.29 is 14.6 Å². The number of rotatable bonds is 6. The van der Waals surface area contributed by atoms with Gasteiger partial charge in [-0.05, 0) is 75.7 Å². The molecule has 188 valence electrons. The number of fused-ring (bicyclic) bond motifs is 1. The molecule has 0 radical (unpaired) electrons. The lowest BCUT2D eigenvalue weighted by molar-refractivity contribution is 0.0736. The summed E-state index contributed by atoms with van der Waals surface area (Å²) in [6.07, 6.45) is 3.08. The topological polar surface area (TPSA) is 88.5 Å². The third-order valence-electron chi connectivity index (χ3n) is 5.98. The summed E-state index contributed by atoms with van der Waals surface area (Å²) in [5.74, 6) is 8.84. The molecule has 2 heterocycles. The van der Waals surface area contributed by atoms with Gasteiger partial charge in [-0.1, -0.05) is 30.0 Å². The molecule has 1 aromatic heterocycles. The van der Waals surface area contributed by atoms with Crippen LogP contribution < -0.4 is 20.1 Å². The highest BCUT2D eigenvalue weighted by atomic mass is 16.5. The molecular formula is C30H30N4O3. The van der Waals surface area contributed by atoms with Crippen LogP contribution in [0.5, 0.6) is 17.2 Å². The zero-order chi connectivity index (χ0) is 25.7. The van der Waals surface area contributed by atoms with Crippen molar-refractivity contribution >= 4 is 22.4 Å².